The van der Waals surface area contributed by atoms with Gasteiger partial charge in [0, 0.05) is 38.6 Å². The van der Waals surface area contributed by atoms with E-state index in [1.807, 2.05) is 0 Å². The second-order valence-electron chi connectivity index (χ2n) is 5.55. The molecule has 6 nitrogen and oxygen atoms in total. The molecular weight excluding hydrogens is 246 g/mol. The molecule has 6 heteroatoms. The summed E-state index contributed by atoms with van der Waals surface area (Å²) in [6.45, 7) is 5.24. The molecule has 0 aliphatic carbocycles. The fourth-order valence-corrected chi connectivity index (χ4v) is 3.17. The number of hydrogen-bond acceptors (Lipinski definition) is 5. The molecule has 0 aromatic carbocycles. The fourth-order valence-electron chi connectivity index (χ4n) is 3.17. The lowest BCUT2D eigenvalue weighted by molar-refractivity contribution is -0.133. The Morgan fingerprint density at radius 3 is 2.74 bits per heavy atom. The number of nitrogens with zero attached hydrogens (tertiary/aromatic N) is 2. The average Bonchev–Trinajstić information content (AvgIpc) is 3.08. The number of likely N-dealkylation sites (tertiary alicyclic amines) is 1. The minimum absolute atomic E-state index is 0.0987. The number of Topliss-reactive ketones (excluding diaryl/α,β-unsaturated/α-hetero) is 1. The van der Waals surface area contributed by atoms with Crippen molar-refractivity contribution in [2.75, 3.05) is 45.9 Å². The molecule has 3 aliphatic heterocycles. The largest absolute Gasteiger partial charge is 0.379 e. The summed E-state index contributed by atoms with van der Waals surface area (Å²) < 4.78 is 5.35. The minimum Gasteiger partial charge on any atom is -0.379 e. The number of amides is 1. The summed E-state index contributed by atoms with van der Waals surface area (Å²) in [5, 5.41) is 3.31. The van der Waals surface area contributed by atoms with Crippen LogP contribution in [0.2, 0.25) is 0 Å². The van der Waals surface area contributed by atoms with E-state index in [4.69, 9.17) is 4.74 Å². The van der Waals surface area contributed by atoms with Crippen molar-refractivity contribution in [3.05, 3.63) is 0 Å². The Balaban J connectivity index is 1.53. The SMILES string of the molecule is O=C1CCN(C(=O)[C@@H]2C[C@H](N3CCOCC3)CN2)C1. The third-order valence-electron chi connectivity index (χ3n) is 4.31. The monoisotopic (exact) mass is 267 g/mol. The fraction of sp³-hybridized carbons (Fsp3) is 0.846. The maximum absolute atomic E-state index is 12.3. The second-order valence-corrected chi connectivity index (χ2v) is 5.55. The zero-order chi connectivity index (χ0) is 13.2. The highest BCUT2D eigenvalue weighted by Gasteiger charge is 2.37. The van der Waals surface area contributed by atoms with Crippen molar-refractivity contribution in [1.82, 2.24) is 15.1 Å². The van der Waals surface area contributed by atoms with Crippen molar-refractivity contribution in [1.29, 1.82) is 0 Å². The lowest BCUT2D eigenvalue weighted by atomic mass is 10.1. The van der Waals surface area contributed by atoms with Gasteiger partial charge in [0.25, 0.3) is 0 Å². The van der Waals surface area contributed by atoms with Crippen molar-refractivity contribution in [2.45, 2.75) is 24.9 Å². The maximum atomic E-state index is 12.3. The maximum Gasteiger partial charge on any atom is 0.240 e. The standard InChI is InChI=1S/C13H21N3O3/c17-11-1-2-16(9-11)13(18)12-7-10(8-14-12)15-3-5-19-6-4-15/h10,12,14H,1-9H2/t10-,12-/m0/s1. The summed E-state index contributed by atoms with van der Waals surface area (Å²) in [6, 6.07) is 0.315. The lowest BCUT2D eigenvalue weighted by Crippen LogP contribution is -2.44. The van der Waals surface area contributed by atoms with Gasteiger partial charge in [-0.05, 0) is 6.42 Å². The van der Waals surface area contributed by atoms with E-state index in [0.717, 1.165) is 39.3 Å². The minimum atomic E-state index is -0.112. The highest BCUT2D eigenvalue weighted by molar-refractivity contribution is 5.91. The third-order valence-corrected chi connectivity index (χ3v) is 4.31. The van der Waals surface area contributed by atoms with E-state index in [9.17, 15) is 9.59 Å². The first-order valence-corrected chi connectivity index (χ1v) is 7.10. The van der Waals surface area contributed by atoms with Crippen molar-refractivity contribution in [3.8, 4) is 0 Å². The Morgan fingerprint density at radius 1 is 1.26 bits per heavy atom. The Morgan fingerprint density at radius 2 is 2.05 bits per heavy atom. The van der Waals surface area contributed by atoms with Crippen LogP contribution in [0.4, 0.5) is 0 Å². The van der Waals surface area contributed by atoms with E-state index in [1.54, 1.807) is 4.90 Å². The highest BCUT2D eigenvalue weighted by atomic mass is 16.5. The van der Waals surface area contributed by atoms with Gasteiger partial charge in [0.2, 0.25) is 5.91 Å². The van der Waals surface area contributed by atoms with Crippen LogP contribution in [0.15, 0.2) is 0 Å². The van der Waals surface area contributed by atoms with Gasteiger partial charge in [0.15, 0.2) is 5.78 Å². The van der Waals surface area contributed by atoms with Crippen LogP contribution in [-0.2, 0) is 14.3 Å². The van der Waals surface area contributed by atoms with E-state index in [0.29, 0.717) is 25.6 Å². The van der Waals surface area contributed by atoms with Crippen LogP contribution in [0, 0.1) is 0 Å². The van der Waals surface area contributed by atoms with Crippen LogP contribution >= 0.6 is 0 Å². The molecule has 0 saturated carbocycles. The molecule has 3 saturated heterocycles. The lowest BCUT2D eigenvalue weighted by Gasteiger charge is -2.31. The molecule has 0 spiro atoms. The molecule has 3 fully saturated rings. The van der Waals surface area contributed by atoms with Crippen LogP contribution in [0.25, 0.3) is 0 Å². The smallest absolute Gasteiger partial charge is 0.240 e. The van der Waals surface area contributed by atoms with Crippen LogP contribution < -0.4 is 5.32 Å². The molecular formula is C13H21N3O3. The summed E-state index contributed by atoms with van der Waals surface area (Å²) in [5.41, 5.74) is 0. The van der Waals surface area contributed by atoms with Gasteiger partial charge < -0.3 is 15.0 Å². The van der Waals surface area contributed by atoms with Gasteiger partial charge in [-0.1, -0.05) is 0 Å². The summed E-state index contributed by atoms with van der Waals surface area (Å²) in [4.78, 5) is 27.6. The quantitative estimate of drug-likeness (QED) is 0.684. The van der Waals surface area contributed by atoms with Gasteiger partial charge >= 0.3 is 0 Å². The molecule has 106 valence electrons. The summed E-state index contributed by atoms with van der Waals surface area (Å²) in [5.74, 6) is 0.276. The normalized spacial score (nSPS) is 33.1. The van der Waals surface area contributed by atoms with Crippen molar-refractivity contribution >= 4 is 11.7 Å². The number of rotatable bonds is 2. The number of nitrogens with one attached hydrogen (secondary N) is 1. The van der Waals surface area contributed by atoms with Gasteiger partial charge in [-0.25, -0.2) is 0 Å². The zero-order valence-electron chi connectivity index (χ0n) is 11.1. The molecule has 0 radical (unpaired) electrons. The number of hydrogen-bond donors (Lipinski definition) is 1. The van der Waals surface area contributed by atoms with Gasteiger partial charge in [-0.15, -0.1) is 0 Å². The molecule has 0 aromatic heterocycles. The number of ketones is 1. The van der Waals surface area contributed by atoms with Crippen LogP contribution in [-0.4, -0.2) is 79.5 Å². The van der Waals surface area contributed by atoms with Crippen molar-refractivity contribution in [2.24, 2.45) is 0 Å². The van der Waals surface area contributed by atoms with Crippen LogP contribution in [0.1, 0.15) is 12.8 Å². The van der Waals surface area contributed by atoms with Crippen LogP contribution in [0.3, 0.4) is 0 Å². The predicted molar refractivity (Wildman–Crippen MR) is 68.8 cm³/mol. The molecule has 0 unspecified atom stereocenters. The van der Waals surface area contributed by atoms with Crippen LogP contribution in [0.5, 0.6) is 0 Å². The molecule has 3 rings (SSSR count). The Hall–Kier alpha value is -0.980. The molecule has 19 heavy (non-hydrogen) atoms. The number of ether oxygens (including phenoxy) is 1. The average molecular weight is 267 g/mol. The van der Waals surface area contributed by atoms with Crippen molar-refractivity contribution in [3.63, 3.8) is 0 Å². The first-order valence-electron chi connectivity index (χ1n) is 7.10. The highest BCUT2D eigenvalue weighted by Crippen LogP contribution is 2.18. The Labute approximate surface area is 113 Å². The Bertz CT molecular complexity index is 368. The summed E-state index contributed by atoms with van der Waals surface area (Å²) in [6.07, 6.45) is 1.37. The predicted octanol–water partition coefficient (Wildman–Crippen LogP) is -1.15. The zero-order valence-corrected chi connectivity index (χ0v) is 11.1. The first kappa shape index (κ1) is 13.0. The Kier molecular flexibility index (Phi) is 3.81. The van der Waals surface area contributed by atoms with Gasteiger partial charge in [0.05, 0.1) is 25.8 Å². The van der Waals surface area contributed by atoms with E-state index in [1.165, 1.54) is 0 Å². The van der Waals surface area contributed by atoms with Gasteiger partial charge in [0.1, 0.15) is 0 Å². The molecule has 2 atom stereocenters. The van der Waals surface area contributed by atoms with E-state index in [-0.39, 0.29) is 17.7 Å². The summed E-state index contributed by atoms with van der Waals surface area (Å²) >= 11 is 0. The molecule has 3 heterocycles. The summed E-state index contributed by atoms with van der Waals surface area (Å²) in [7, 11) is 0. The molecule has 0 aromatic rings. The van der Waals surface area contributed by atoms with E-state index < -0.39 is 0 Å². The third kappa shape index (κ3) is 2.80. The second kappa shape index (κ2) is 5.56. The molecule has 1 N–H and O–H groups in total. The molecule has 1 amide bonds. The van der Waals surface area contributed by atoms with Crippen molar-refractivity contribution < 1.29 is 14.3 Å². The topological polar surface area (TPSA) is 61.9 Å². The van der Waals surface area contributed by atoms with E-state index in [2.05, 4.69) is 10.2 Å². The first-order chi connectivity index (χ1) is 9.24. The van der Waals surface area contributed by atoms with E-state index >= 15 is 0 Å². The number of carbonyl (C=O) groups excluding carboxylic acids is 2. The molecule has 0 bridgehead atoms. The van der Waals surface area contributed by atoms with Gasteiger partial charge in [-0.3, -0.25) is 14.5 Å². The number of carbonyl (C=O) groups is 2. The molecule has 3 aliphatic rings. The van der Waals surface area contributed by atoms with Gasteiger partial charge in [-0.2, -0.15) is 0 Å². The number of morpholine rings is 1.